The Kier molecular flexibility index (Phi) is 6.94. The van der Waals surface area contributed by atoms with Gasteiger partial charge in [-0.05, 0) is 40.2 Å². The summed E-state index contributed by atoms with van der Waals surface area (Å²) in [5.41, 5.74) is 1.06. The van der Waals surface area contributed by atoms with Crippen molar-refractivity contribution in [3.63, 3.8) is 0 Å². The van der Waals surface area contributed by atoms with Crippen molar-refractivity contribution in [1.29, 1.82) is 0 Å². The van der Waals surface area contributed by atoms with E-state index >= 15 is 0 Å². The number of benzene rings is 2. The largest absolute Gasteiger partial charge is 0.508 e. The van der Waals surface area contributed by atoms with Gasteiger partial charge in [-0.3, -0.25) is 9.79 Å². The molecule has 0 aliphatic carbocycles. The molecule has 0 aliphatic rings. The van der Waals surface area contributed by atoms with E-state index in [4.69, 9.17) is 0 Å². The molecule has 0 fully saturated rings. The Morgan fingerprint density at radius 3 is 2.13 bits per heavy atom. The Hall–Kier alpha value is -3.15. The Morgan fingerprint density at radius 2 is 1.61 bits per heavy atom. The van der Waals surface area contributed by atoms with E-state index in [2.05, 4.69) is 10.3 Å². The fourth-order valence-corrected chi connectivity index (χ4v) is 3.26. The molecule has 0 spiro atoms. The molecular formula is C25H31FN2O3. The molecule has 5 nitrogen and oxygen atoms in total. The lowest BCUT2D eigenvalue weighted by Gasteiger charge is -2.28. The SMILES string of the molecule is CN=CC(C(=O)Nc1cc(O)c(C(C)(C)C)cc1C(C)(C)C)=C(O)c1ccccc1F. The van der Waals surface area contributed by atoms with Crippen LogP contribution in [0.3, 0.4) is 0 Å². The zero-order valence-corrected chi connectivity index (χ0v) is 19.2. The van der Waals surface area contributed by atoms with Crippen molar-refractivity contribution in [2.75, 3.05) is 12.4 Å². The van der Waals surface area contributed by atoms with E-state index in [0.29, 0.717) is 5.69 Å². The third-order valence-corrected chi connectivity index (χ3v) is 4.89. The number of hydrogen-bond donors (Lipinski definition) is 3. The first-order valence-electron chi connectivity index (χ1n) is 10.1. The highest BCUT2D eigenvalue weighted by atomic mass is 19.1. The molecule has 0 aromatic heterocycles. The summed E-state index contributed by atoms with van der Waals surface area (Å²) >= 11 is 0. The van der Waals surface area contributed by atoms with Crippen molar-refractivity contribution in [1.82, 2.24) is 0 Å². The van der Waals surface area contributed by atoms with Crippen LogP contribution in [0.1, 0.15) is 58.2 Å². The van der Waals surface area contributed by atoms with Crippen molar-refractivity contribution in [2.45, 2.75) is 52.4 Å². The summed E-state index contributed by atoms with van der Waals surface area (Å²) < 4.78 is 14.2. The molecule has 0 saturated carbocycles. The fourth-order valence-electron chi connectivity index (χ4n) is 3.26. The number of amides is 1. The zero-order chi connectivity index (χ0) is 23.6. The van der Waals surface area contributed by atoms with E-state index in [-0.39, 0.29) is 27.7 Å². The lowest BCUT2D eigenvalue weighted by molar-refractivity contribution is -0.112. The van der Waals surface area contributed by atoms with Gasteiger partial charge in [0, 0.05) is 25.0 Å². The van der Waals surface area contributed by atoms with Crippen molar-refractivity contribution in [3.8, 4) is 5.75 Å². The number of nitrogens with one attached hydrogen (secondary N) is 1. The molecule has 31 heavy (non-hydrogen) atoms. The van der Waals surface area contributed by atoms with Crippen molar-refractivity contribution < 1.29 is 19.4 Å². The van der Waals surface area contributed by atoms with Gasteiger partial charge in [-0.2, -0.15) is 0 Å². The highest BCUT2D eigenvalue weighted by Gasteiger charge is 2.27. The van der Waals surface area contributed by atoms with E-state index in [9.17, 15) is 19.4 Å². The van der Waals surface area contributed by atoms with Crippen LogP contribution >= 0.6 is 0 Å². The summed E-state index contributed by atoms with van der Waals surface area (Å²) in [7, 11) is 1.45. The molecule has 0 atom stereocenters. The first-order chi connectivity index (χ1) is 14.3. The Labute approximate surface area is 183 Å². The first-order valence-corrected chi connectivity index (χ1v) is 10.1. The molecule has 0 radical (unpaired) electrons. The monoisotopic (exact) mass is 426 g/mol. The van der Waals surface area contributed by atoms with E-state index in [0.717, 1.165) is 11.1 Å². The third kappa shape index (κ3) is 5.51. The van der Waals surface area contributed by atoms with Gasteiger partial charge in [0.2, 0.25) is 0 Å². The topological polar surface area (TPSA) is 81.9 Å². The zero-order valence-electron chi connectivity index (χ0n) is 19.2. The summed E-state index contributed by atoms with van der Waals surface area (Å²) in [5, 5.41) is 24.0. The number of rotatable bonds is 4. The quantitative estimate of drug-likeness (QED) is 0.331. The Balaban J connectivity index is 2.60. The second-order valence-electron chi connectivity index (χ2n) is 9.50. The van der Waals surface area contributed by atoms with Crippen molar-refractivity contribution >= 4 is 23.6 Å². The third-order valence-electron chi connectivity index (χ3n) is 4.89. The van der Waals surface area contributed by atoms with Crippen LogP contribution in [0.25, 0.3) is 5.76 Å². The maximum absolute atomic E-state index is 14.2. The van der Waals surface area contributed by atoms with Gasteiger partial charge < -0.3 is 15.5 Å². The fraction of sp³-hybridized carbons (Fsp3) is 0.360. The second kappa shape index (κ2) is 8.92. The normalized spacial score (nSPS) is 13.3. The van der Waals surface area contributed by atoms with E-state index in [1.807, 2.05) is 47.6 Å². The number of carbonyl (C=O) groups is 1. The molecule has 0 aliphatic heterocycles. The van der Waals surface area contributed by atoms with Crippen LogP contribution in [0.15, 0.2) is 47.0 Å². The number of aliphatic hydroxyl groups excluding tert-OH is 1. The van der Waals surface area contributed by atoms with E-state index < -0.39 is 17.5 Å². The Bertz CT molecular complexity index is 1040. The number of aromatic hydroxyl groups is 1. The van der Waals surface area contributed by atoms with Gasteiger partial charge in [0.05, 0.1) is 11.1 Å². The highest BCUT2D eigenvalue weighted by molar-refractivity contribution is 6.22. The van der Waals surface area contributed by atoms with Crippen LogP contribution in [-0.4, -0.2) is 29.4 Å². The molecule has 0 unspecified atom stereocenters. The minimum atomic E-state index is -0.667. The van der Waals surface area contributed by atoms with Crippen molar-refractivity contribution in [3.05, 3.63) is 64.5 Å². The second-order valence-corrected chi connectivity index (χ2v) is 9.50. The summed E-state index contributed by atoms with van der Waals surface area (Å²) in [6.07, 6.45) is 1.18. The average molecular weight is 427 g/mol. The molecule has 0 heterocycles. The van der Waals surface area contributed by atoms with Gasteiger partial charge in [0.25, 0.3) is 5.91 Å². The first kappa shape index (κ1) is 24.1. The van der Waals surface area contributed by atoms with Crippen LogP contribution in [0.5, 0.6) is 5.75 Å². The number of hydrogen-bond acceptors (Lipinski definition) is 4. The number of halogens is 1. The molecule has 0 saturated heterocycles. The average Bonchev–Trinajstić information content (AvgIpc) is 2.63. The lowest BCUT2D eigenvalue weighted by atomic mass is 9.79. The molecule has 166 valence electrons. The van der Waals surface area contributed by atoms with E-state index in [1.165, 1.54) is 37.5 Å². The van der Waals surface area contributed by atoms with Gasteiger partial charge in [-0.1, -0.05) is 53.7 Å². The number of phenols is 1. The number of phenolic OH excluding ortho intramolecular Hbond substituents is 1. The molecule has 0 bridgehead atoms. The molecule has 6 heteroatoms. The number of aliphatic hydroxyl groups is 1. The minimum absolute atomic E-state index is 0.0591. The van der Waals surface area contributed by atoms with Crippen LogP contribution < -0.4 is 5.32 Å². The Morgan fingerprint density at radius 1 is 1.03 bits per heavy atom. The van der Waals surface area contributed by atoms with Crippen LogP contribution in [-0.2, 0) is 15.6 Å². The van der Waals surface area contributed by atoms with Gasteiger partial charge in [-0.15, -0.1) is 0 Å². The van der Waals surface area contributed by atoms with Crippen LogP contribution in [0.2, 0.25) is 0 Å². The maximum atomic E-state index is 14.2. The molecule has 2 rings (SSSR count). The smallest absolute Gasteiger partial charge is 0.261 e. The van der Waals surface area contributed by atoms with Gasteiger partial charge in [0.1, 0.15) is 17.3 Å². The number of carbonyl (C=O) groups excluding carboxylic acids is 1. The van der Waals surface area contributed by atoms with Gasteiger partial charge in [-0.25, -0.2) is 4.39 Å². The summed E-state index contributed by atoms with van der Waals surface area (Å²) in [6.45, 7) is 12.0. The molecule has 2 aromatic carbocycles. The lowest BCUT2D eigenvalue weighted by Crippen LogP contribution is -2.23. The summed E-state index contributed by atoms with van der Waals surface area (Å²) in [5.74, 6) is -1.78. The molecule has 1 amide bonds. The predicted molar refractivity (Wildman–Crippen MR) is 125 cm³/mol. The molecule has 3 N–H and O–H groups in total. The predicted octanol–water partition coefficient (Wildman–Crippen LogP) is 5.73. The minimum Gasteiger partial charge on any atom is -0.508 e. The van der Waals surface area contributed by atoms with Crippen LogP contribution in [0, 0.1) is 5.82 Å². The number of nitrogens with zero attached hydrogens (tertiary/aromatic N) is 1. The number of anilines is 1. The summed E-state index contributed by atoms with van der Waals surface area (Å²) in [4.78, 5) is 16.9. The standard InChI is InChI=1S/C25H31FN2O3/c1-24(2,3)17-12-18(25(4,5)6)21(29)13-20(17)28-23(31)16(14-27-7)22(30)15-10-8-9-11-19(15)26/h8-14,29-30H,1-7H3,(H,28,31). The summed E-state index contributed by atoms with van der Waals surface area (Å²) in [6, 6.07) is 9.04. The van der Waals surface area contributed by atoms with Crippen molar-refractivity contribution in [2.24, 2.45) is 4.99 Å². The van der Waals surface area contributed by atoms with Gasteiger partial charge in [0.15, 0.2) is 0 Å². The van der Waals surface area contributed by atoms with E-state index in [1.54, 1.807) is 6.07 Å². The molecule has 2 aromatic rings. The molecular weight excluding hydrogens is 395 g/mol. The maximum Gasteiger partial charge on any atom is 0.261 e. The van der Waals surface area contributed by atoms with Gasteiger partial charge >= 0.3 is 0 Å². The number of aliphatic imine (C=N–C) groups is 1. The highest BCUT2D eigenvalue weighted by Crippen LogP contribution is 2.39. The van der Waals surface area contributed by atoms with Crippen LogP contribution in [0.4, 0.5) is 10.1 Å².